The highest BCUT2D eigenvalue weighted by Crippen LogP contribution is 2.13. The second-order valence-electron chi connectivity index (χ2n) is 6.91. The highest BCUT2D eigenvalue weighted by Gasteiger charge is 2.05. The molecule has 1 aromatic heterocycles. The Morgan fingerprint density at radius 3 is 2.20 bits per heavy atom. The molecule has 0 bridgehead atoms. The maximum absolute atomic E-state index is 11.6. The Morgan fingerprint density at radius 1 is 0.967 bits per heavy atom. The molecule has 2 aromatic carbocycles. The maximum atomic E-state index is 11.6. The van der Waals surface area contributed by atoms with Gasteiger partial charge < -0.3 is 10.3 Å². The lowest BCUT2D eigenvalue weighted by Crippen LogP contribution is -2.07. The fourth-order valence-electron chi connectivity index (χ4n) is 2.80. The van der Waals surface area contributed by atoms with E-state index in [1.165, 1.54) is 18.6 Å². The van der Waals surface area contributed by atoms with Crippen molar-refractivity contribution in [2.24, 2.45) is 0 Å². The fraction of sp³-hybridized carbons (Fsp3) is 0.240. The molecule has 3 aromatic rings. The van der Waals surface area contributed by atoms with Crippen LogP contribution in [-0.4, -0.2) is 16.6 Å². The smallest absolute Gasteiger partial charge is 0.190 e. The van der Waals surface area contributed by atoms with Crippen LogP contribution in [-0.2, 0) is 4.79 Å². The van der Waals surface area contributed by atoms with Crippen LogP contribution in [0.3, 0.4) is 0 Å². The van der Waals surface area contributed by atoms with Crippen molar-refractivity contribution in [2.75, 3.05) is 5.32 Å². The number of fused-ring (bicyclic) bond motifs is 1. The van der Waals surface area contributed by atoms with Crippen molar-refractivity contribution in [3.8, 4) is 0 Å². The third-order valence-corrected chi connectivity index (χ3v) is 4.33. The summed E-state index contributed by atoms with van der Waals surface area (Å²) in [5.41, 5.74) is 4.77. The van der Waals surface area contributed by atoms with Gasteiger partial charge in [0, 0.05) is 31.0 Å². The molecule has 0 aliphatic rings. The Kier molecular flexibility index (Phi) is 8.93. The summed E-state index contributed by atoms with van der Waals surface area (Å²) >= 11 is 0. The SMILES string of the molecule is C.C/C=C(\Nc1cccc(C)c1)C(C)=O.CC(=O)c1cc(=O)c2ccc(C)cc2[nH]1. The first kappa shape index (κ1) is 24.6. The van der Waals surface area contributed by atoms with Gasteiger partial charge in [-0.3, -0.25) is 14.4 Å². The minimum absolute atomic E-state index is 0. The molecule has 0 radical (unpaired) electrons. The normalized spacial score (nSPS) is 10.5. The van der Waals surface area contributed by atoms with E-state index in [2.05, 4.69) is 10.3 Å². The number of carbonyl (C=O) groups excluding carboxylic acids is 2. The van der Waals surface area contributed by atoms with E-state index in [0.717, 1.165) is 11.3 Å². The average molecular weight is 407 g/mol. The molecule has 0 aliphatic heterocycles. The molecule has 0 aliphatic carbocycles. The van der Waals surface area contributed by atoms with Gasteiger partial charge in [0.15, 0.2) is 17.0 Å². The van der Waals surface area contributed by atoms with E-state index in [1.54, 1.807) is 19.1 Å². The Balaban J connectivity index is 0.000000291. The number of rotatable bonds is 4. The molecule has 0 saturated heterocycles. The third-order valence-electron chi connectivity index (χ3n) is 4.33. The third kappa shape index (κ3) is 6.55. The number of Topliss-reactive ketones (excluding diaryl/α,β-unsaturated/α-hetero) is 2. The lowest BCUT2D eigenvalue weighted by molar-refractivity contribution is -0.113. The van der Waals surface area contributed by atoms with Gasteiger partial charge in [-0.25, -0.2) is 0 Å². The van der Waals surface area contributed by atoms with Gasteiger partial charge in [-0.1, -0.05) is 31.7 Å². The molecule has 1 heterocycles. The van der Waals surface area contributed by atoms with E-state index in [1.807, 2.05) is 57.2 Å². The summed E-state index contributed by atoms with van der Waals surface area (Å²) in [5, 5.41) is 3.70. The van der Waals surface area contributed by atoms with Gasteiger partial charge >= 0.3 is 0 Å². The number of anilines is 1. The molecule has 0 saturated carbocycles. The number of carbonyl (C=O) groups is 2. The number of aromatic nitrogens is 1. The molecule has 158 valence electrons. The van der Waals surface area contributed by atoms with Crippen molar-refractivity contribution < 1.29 is 9.59 Å². The van der Waals surface area contributed by atoms with Crippen LogP contribution in [0.15, 0.2) is 65.1 Å². The van der Waals surface area contributed by atoms with Crippen molar-refractivity contribution >= 4 is 28.2 Å². The number of pyridine rings is 1. The zero-order valence-corrected chi connectivity index (χ0v) is 17.4. The number of aromatic amines is 1. The summed E-state index contributed by atoms with van der Waals surface area (Å²) in [6.07, 6.45) is 1.78. The number of hydrogen-bond acceptors (Lipinski definition) is 4. The summed E-state index contributed by atoms with van der Waals surface area (Å²) in [4.78, 5) is 36.9. The zero-order valence-electron chi connectivity index (χ0n) is 17.4. The van der Waals surface area contributed by atoms with Crippen molar-refractivity contribution in [3.63, 3.8) is 0 Å². The molecular formula is C25H30N2O3. The first-order valence-electron chi connectivity index (χ1n) is 9.37. The van der Waals surface area contributed by atoms with E-state index in [4.69, 9.17) is 0 Å². The number of ketones is 2. The van der Waals surface area contributed by atoms with Crippen LogP contribution in [0.1, 0.15) is 49.8 Å². The molecule has 30 heavy (non-hydrogen) atoms. The zero-order chi connectivity index (χ0) is 21.6. The molecule has 0 amide bonds. The van der Waals surface area contributed by atoms with E-state index in [9.17, 15) is 14.4 Å². The van der Waals surface area contributed by atoms with Crippen molar-refractivity contribution in [1.82, 2.24) is 4.98 Å². The predicted octanol–water partition coefficient (Wildman–Crippen LogP) is 5.57. The summed E-state index contributed by atoms with van der Waals surface area (Å²) in [6, 6.07) is 14.8. The number of nitrogens with one attached hydrogen (secondary N) is 2. The molecule has 0 atom stereocenters. The lowest BCUT2D eigenvalue weighted by Gasteiger charge is -2.07. The van der Waals surface area contributed by atoms with Crippen LogP contribution >= 0.6 is 0 Å². The second-order valence-corrected chi connectivity index (χ2v) is 6.91. The van der Waals surface area contributed by atoms with Crippen LogP contribution in [0.4, 0.5) is 5.69 Å². The number of aryl methyl sites for hydroxylation is 2. The number of H-pyrrole nitrogens is 1. The van der Waals surface area contributed by atoms with Crippen LogP contribution in [0.2, 0.25) is 0 Å². The highest BCUT2D eigenvalue weighted by molar-refractivity contribution is 5.96. The van der Waals surface area contributed by atoms with Gasteiger partial charge in [0.05, 0.1) is 16.9 Å². The van der Waals surface area contributed by atoms with Gasteiger partial charge in [0.2, 0.25) is 0 Å². The molecule has 5 heteroatoms. The Morgan fingerprint density at radius 2 is 1.63 bits per heavy atom. The maximum Gasteiger partial charge on any atom is 0.190 e. The molecule has 0 fully saturated rings. The van der Waals surface area contributed by atoms with Crippen LogP contribution in [0, 0.1) is 13.8 Å². The predicted molar refractivity (Wildman–Crippen MR) is 125 cm³/mol. The highest BCUT2D eigenvalue weighted by atomic mass is 16.1. The summed E-state index contributed by atoms with van der Waals surface area (Å²) in [5.74, 6) is -0.0792. The minimum atomic E-state index is -0.129. The summed E-state index contributed by atoms with van der Waals surface area (Å²) in [6.45, 7) is 8.80. The molecule has 2 N–H and O–H groups in total. The van der Waals surface area contributed by atoms with E-state index in [-0.39, 0.29) is 24.4 Å². The average Bonchev–Trinajstić information content (AvgIpc) is 2.66. The molecule has 3 rings (SSSR count). The van der Waals surface area contributed by atoms with Crippen molar-refractivity contribution in [1.29, 1.82) is 0 Å². The topological polar surface area (TPSA) is 79.0 Å². The quantitative estimate of drug-likeness (QED) is 0.438. The molecular weight excluding hydrogens is 376 g/mol. The molecule has 0 unspecified atom stereocenters. The molecule has 5 nitrogen and oxygen atoms in total. The van der Waals surface area contributed by atoms with Crippen molar-refractivity contribution in [2.45, 2.75) is 42.0 Å². The van der Waals surface area contributed by atoms with Crippen LogP contribution in [0.25, 0.3) is 10.9 Å². The first-order chi connectivity index (χ1) is 13.7. The van der Waals surface area contributed by atoms with Gasteiger partial charge in [-0.2, -0.15) is 0 Å². The van der Waals surface area contributed by atoms with Gasteiger partial charge in [-0.15, -0.1) is 0 Å². The first-order valence-corrected chi connectivity index (χ1v) is 9.37. The largest absolute Gasteiger partial charge is 0.353 e. The van der Waals surface area contributed by atoms with Gasteiger partial charge in [-0.05, 0) is 56.2 Å². The monoisotopic (exact) mass is 406 g/mol. The van der Waals surface area contributed by atoms with Crippen LogP contribution in [0.5, 0.6) is 0 Å². The molecule has 0 spiro atoms. The Bertz CT molecular complexity index is 1140. The summed E-state index contributed by atoms with van der Waals surface area (Å²) in [7, 11) is 0. The van der Waals surface area contributed by atoms with E-state index < -0.39 is 0 Å². The fourth-order valence-corrected chi connectivity index (χ4v) is 2.80. The number of hydrogen-bond donors (Lipinski definition) is 2. The van der Waals surface area contributed by atoms with E-state index >= 15 is 0 Å². The van der Waals surface area contributed by atoms with Gasteiger partial charge in [0.25, 0.3) is 0 Å². The number of allylic oxidation sites excluding steroid dienone is 2. The van der Waals surface area contributed by atoms with Gasteiger partial charge in [0.1, 0.15) is 0 Å². The lowest BCUT2D eigenvalue weighted by atomic mass is 10.1. The second kappa shape index (κ2) is 10.9. The van der Waals surface area contributed by atoms with E-state index in [0.29, 0.717) is 22.3 Å². The van der Waals surface area contributed by atoms with Crippen LogP contribution < -0.4 is 10.7 Å². The van der Waals surface area contributed by atoms with Crippen molar-refractivity contribution in [3.05, 3.63) is 87.3 Å². The Labute approximate surface area is 177 Å². The summed E-state index contributed by atoms with van der Waals surface area (Å²) < 4.78 is 0. The minimum Gasteiger partial charge on any atom is -0.353 e. The number of benzene rings is 2. The Hall–Kier alpha value is -3.47. The standard InChI is InChI=1S/C12H11NO2.C12H15NO.CH4/c1-7-3-4-9-11(5-7)13-10(8(2)14)6-12(9)15;1-4-12(10(3)14)13-11-7-5-6-9(2)8-11;/h3-6H,1-2H3,(H,13,15);4-8,13H,1-3H3;1H4/b;12-4-;.